The smallest absolute Gasteiger partial charge is 0.147 e. The lowest BCUT2D eigenvalue weighted by Crippen LogP contribution is -2.34. The van der Waals surface area contributed by atoms with Crippen molar-refractivity contribution in [2.45, 2.75) is 32.2 Å². The summed E-state index contributed by atoms with van der Waals surface area (Å²) in [7, 11) is 0. The molecule has 2 aliphatic rings. The summed E-state index contributed by atoms with van der Waals surface area (Å²) in [6.45, 7) is 3.63. The lowest BCUT2D eigenvalue weighted by atomic mass is 10.1. The van der Waals surface area contributed by atoms with E-state index in [0.717, 1.165) is 25.9 Å². The number of hydrogen-bond acceptors (Lipinski definition) is 3. The van der Waals surface area contributed by atoms with Gasteiger partial charge in [0.2, 0.25) is 0 Å². The molecule has 1 aromatic rings. The Morgan fingerprint density at radius 3 is 2.29 bits per heavy atom. The number of nitrogens with one attached hydrogen (secondary N) is 1. The Labute approximate surface area is 124 Å². The van der Waals surface area contributed by atoms with Crippen molar-refractivity contribution >= 4 is 11.4 Å². The highest BCUT2D eigenvalue weighted by Gasteiger charge is 2.21. The van der Waals surface area contributed by atoms with Crippen LogP contribution in [0.3, 0.4) is 0 Å². The number of anilines is 1. The van der Waals surface area contributed by atoms with Crippen LogP contribution in [0.25, 0.3) is 0 Å². The fraction of sp³-hybridized carbons (Fsp3) is 0.562. The third-order valence-corrected chi connectivity index (χ3v) is 4.42. The van der Waals surface area contributed by atoms with Crippen molar-refractivity contribution in [1.29, 1.82) is 5.41 Å². The highest BCUT2D eigenvalue weighted by molar-refractivity contribution is 5.83. The van der Waals surface area contributed by atoms with Crippen LogP contribution in [0.5, 0.6) is 0 Å². The molecule has 21 heavy (non-hydrogen) atoms. The first-order valence-corrected chi connectivity index (χ1v) is 7.65. The summed E-state index contributed by atoms with van der Waals surface area (Å²) in [6, 6.07) is 2.68. The number of likely N-dealkylation sites (tertiary alicyclic amines) is 1. The maximum Gasteiger partial charge on any atom is 0.147 e. The second-order valence-electron chi connectivity index (χ2n) is 5.97. The van der Waals surface area contributed by atoms with Crippen LogP contribution in [-0.2, 0) is 6.54 Å². The second kappa shape index (κ2) is 6.10. The Kier molecular flexibility index (Phi) is 4.19. The predicted molar refractivity (Wildman–Crippen MR) is 80.0 cm³/mol. The van der Waals surface area contributed by atoms with Crippen molar-refractivity contribution in [2.75, 3.05) is 31.1 Å². The van der Waals surface area contributed by atoms with Gasteiger partial charge in [0.25, 0.3) is 0 Å². The molecule has 0 aliphatic carbocycles. The van der Waals surface area contributed by atoms with Crippen molar-refractivity contribution in [3.05, 3.63) is 29.3 Å². The number of halogens is 2. The fourth-order valence-electron chi connectivity index (χ4n) is 3.14. The van der Waals surface area contributed by atoms with E-state index in [1.807, 2.05) is 4.90 Å². The fourth-order valence-corrected chi connectivity index (χ4v) is 3.14. The zero-order valence-electron chi connectivity index (χ0n) is 12.2. The van der Waals surface area contributed by atoms with E-state index in [1.165, 1.54) is 12.1 Å². The van der Waals surface area contributed by atoms with Crippen LogP contribution in [0, 0.1) is 17.0 Å². The third kappa shape index (κ3) is 3.23. The Bertz CT molecular complexity index is 529. The summed E-state index contributed by atoms with van der Waals surface area (Å²) >= 11 is 0. The molecule has 3 rings (SSSR count). The molecular formula is C16H21F2N3. The van der Waals surface area contributed by atoms with E-state index >= 15 is 0 Å². The van der Waals surface area contributed by atoms with Crippen LogP contribution in [0.2, 0.25) is 0 Å². The standard InChI is InChI=1S/C16H21F2N3/c17-14-10-16(21-7-3-13(19)4-8-21)15(18)9-12(14)11-20-5-1-2-6-20/h9-10,19H,1-8,11H2. The molecule has 0 atom stereocenters. The van der Waals surface area contributed by atoms with E-state index in [2.05, 4.69) is 4.90 Å². The van der Waals surface area contributed by atoms with Crippen molar-refractivity contribution < 1.29 is 8.78 Å². The maximum absolute atomic E-state index is 14.3. The highest BCUT2D eigenvalue weighted by Crippen LogP contribution is 2.26. The van der Waals surface area contributed by atoms with Crippen LogP contribution >= 0.6 is 0 Å². The van der Waals surface area contributed by atoms with Gasteiger partial charge in [-0.1, -0.05) is 0 Å². The van der Waals surface area contributed by atoms with Crippen LogP contribution in [0.15, 0.2) is 12.1 Å². The van der Waals surface area contributed by atoms with Gasteiger partial charge >= 0.3 is 0 Å². The molecule has 2 aliphatic heterocycles. The minimum atomic E-state index is -0.348. The van der Waals surface area contributed by atoms with Crippen molar-refractivity contribution in [2.24, 2.45) is 0 Å². The number of piperidine rings is 1. The Balaban J connectivity index is 1.76. The minimum Gasteiger partial charge on any atom is -0.368 e. The Hall–Kier alpha value is -1.49. The SMILES string of the molecule is N=C1CCN(c2cc(F)c(CN3CCCC3)cc2F)CC1. The van der Waals surface area contributed by atoms with Gasteiger partial charge in [0.05, 0.1) is 5.69 Å². The van der Waals surface area contributed by atoms with Gasteiger partial charge in [0, 0.05) is 49.8 Å². The molecular weight excluding hydrogens is 272 g/mol. The maximum atomic E-state index is 14.3. The molecule has 0 amide bonds. The molecule has 2 saturated heterocycles. The van der Waals surface area contributed by atoms with E-state index in [9.17, 15) is 8.78 Å². The van der Waals surface area contributed by atoms with Gasteiger partial charge in [0.1, 0.15) is 11.6 Å². The molecule has 5 heteroatoms. The van der Waals surface area contributed by atoms with Gasteiger partial charge in [-0.2, -0.15) is 0 Å². The molecule has 1 N–H and O–H groups in total. The first-order valence-electron chi connectivity index (χ1n) is 7.65. The van der Waals surface area contributed by atoms with Gasteiger partial charge in [-0.3, -0.25) is 4.90 Å². The average Bonchev–Trinajstić information content (AvgIpc) is 2.97. The molecule has 0 aromatic heterocycles. The highest BCUT2D eigenvalue weighted by atomic mass is 19.1. The summed E-state index contributed by atoms with van der Waals surface area (Å²) in [5.74, 6) is -0.669. The van der Waals surface area contributed by atoms with Crippen LogP contribution in [0.1, 0.15) is 31.2 Å². The Morgan fingerprint density at radius 1 is 0.952 bits per heavy atom. The summed E-state index contributed by atoms with van der Waals surface area (Å²) < 4.78 is 28.6. The second-order valence-corrected chi connectivity index (χ2v) is 5.97. The molecule has 114 valence electrons. The van der Waals surface area contributed by atoms with Gasteiger partial charge in [-0.05, 0) is 32.0 Å². The largest absolute Gasteiger partial charge is 0.368 e. The first kappa shape index (κ1) is 14.4. The number of benzene rings is 1. The van der Waals surface area contributed by atoms with E-state index in [-0.39, 0.29) is 11.6 Å². The molecule has 0 radical (unpaired) electrons. The predicted octanol–water partition coefficient (Wildman–Crippen LogP) is 3.18. The Morgan fingerprint density at radius 2 is 1.62 bits per heavy atom. The van der Waals surface area contributed by atoms with E-state index in [0.29, 0.717) is 49.4 Å². The molecule has 3 nitrogen and oxygen atoms in total. The topological polar surface area (TPSA) is 30.3 Å². The van der Waals surface area contributed by atoms with Gasteiger partial charge in [-0.25, -0.2) is 8.78 Å². The van der Waals surface area contributed by atoms with Crippen molar-refractivity contribution in [3.63, 3.8) is 0 Å². The van der Waals surface area contributed by atoms with Crippen LogP contribution in [-0.4, -0.2) is 36.8 Å². The molecule has 2 fully saturated rings. The van der Waals surface area contributed by atoms with E-state index in [1.54, 1.807) is 0 Å². The van der Waals surface area contributed by atoms with Crippen LogP contribution < -0.4 is 4.90 Å². The first-order chi connectivity index (χ1) is 10.1. The van der Waals surface area contributed by atoms with Crippen molar-refractivity contribution in [3.8, 4) is 0 Å². The van der Waals surface area contributed by atoms with Crippen LogP contribution in [0.4, 0.5) is 14.5 Å². The molecule has 0 saturated carbocycles. The van der Waals surface area contributed by atoms with Gasteiger partial charge in [-0.15, -0.1) is 0 Å². The molecule has 0 spiro atoms. The molecule has 0 bridgehead atoms. The zero-order valence-corrected chi connectivity index (χ0v) is 12.2. The summed E-state index contributed by atoms with van der Waals surface area (Å²) in [5.41, 5.74) is 1.48. The normalized spacial score (nSPS) is 20.3. The lowest BCUT2D eigenvalue weighted by Gasteiger charge is -2.30. The summed E-state index contributed by atoms with van der Waals surface area (Å²) in [5, 5.41) is 7.60. The quantitative estimate of drug-likeness (QED) is 0.927. The van der Waals surface area contributed by atoms with E-state index < -0.39 is 0 Å². The molecule has 2 heterocycles. The summed E-state index contributed by atoms with van der Waals surface area (Å²) in [6.07, 6.45) is 3.55. The van der Waals surface area contributed by atoms with E-state index in [4.69, 9.17) is 5.41 Å². The number of nitrogens with zero attached hydrogens (tertiary/aromatic N) is 2. The zero-order chi connectivity index (χ0) is 14.8. The number of rotatable bonds is 3. The molecule has 0 unspecified atom stereocenters. The monoisotopic (exact) mass is 293 g/mol. The third-order valence-electron chi connectivity index (χ3n) is 4.42. The van der Waals surface area contributed by atoms with Gasteiger partial charge in [0.15, 0.2) is 0 Å². The minimum absolute atomic E-state index is 0.320. The van der Waals surface area contributed by atoms with Crippen molar-refractivity contribution in [1.82, 2.24) is 4.90 Å². The van der Waals surface area contributed by atoms with Gasteiger partial charge < -0.3 is 10.3 Å². The lowest BCUT2D eigenvalue weighted by molar-refractivity contribution is 0.324. The average molecular weight is 293 g/mol. The molecule has 1 aromatic carbocycles. The summed E-state index contributed by atoms with van der Waals surface area (Å²) in [4.78, 5) is 4.01. The number of hydrogen-bond donors (Lipinski definition) is 1.